The van der Waals surface area contributed by atoms with Crippen LogP contribution in [0.15, 0.2) is 18.2 Å². The molecule has 0 saturated carbocycles. The van der Waals surface area contributed by atoms with E-state index in [1.807, 2.05) is 12.1 Å². The van der Waals surface area contributed by atoms with E-state index >= 15 is 0 Å². The van der Waals surface area contributed by atoms with Gasteiger partial charge in [-0.3, -0.25) is 0 Å². The van der Waals surface area contributed by atoms with Crippen molar-refractivity contribution in [3.8, 4) is 0 Å². The number of nitrogens with two attached hydrogens (primary N) is 1. The van der Waals surface area contributed by atoms with Crippen molar-refractivity contribution in [2.24, 2.45) is 5.92 Å². The molecule has 0 amide bonds. The molecule has 106 valence electrons. The third kappa shape index (κ3) is 3.88. The minimum Gasteiger partial charge on any atom is -0.465 e. The van der Waals surface area contributed by atoms with Crippen LogP contribution in [0.4, 0.5) is 11.4 Å². The number of nitrogen functional groups attached to an aromatic ring is 1. The maximum atomic E-state index is 11.9. The molecular weight excluding hydrogens is 240 g/mol. The number of ether oxygens (including phenoxy) is 1. The molecule has 0 radical (unpaired) electrons. The van der Waals surface area contributed by atoms with Crippen LogP contribution >= 0.6 is 0 Å². The number of nitrogens with zero attached hydrogens (tertiary/aromatic N) is 1. The van der Waals surface area contributed by atoms with Crippen LogP contribution in [-0.2, 0) is 4.74 Å². The summed E-state index contributed by atoms with van der Waals surface area (Å²) in [6, 6.07) is 5.69. The Labute approximate surface area is 115 Å². The third-order valence-corrected chi connectivity index (χ3v) is 2.92. The molecule has 1 aromatic rings. The molecule has 0 aliphatic rings. The molecule has 0 aliphatic heterocycles. The van der Waals surface area contributed by atoms with Gasteiger partial charge < -0.3 is 15.4 Å². The number of benzene rings is 1. The van der Waals surface area contributed by atoms with Crippen LogP contribution in [-0.4, -0.2) is 25.7 Å². The number of hydrogen-bond donors (Lipinski definition) is 1. The lowest BCUT2D eigenvalue weighted by Gasteiger charge is -2.32. The topological polar surface area (TPSA) is 55.6 Å². The van der Waals surface area contributed by atoms with Crippen LogP contribution in [0, 0.1) is 5.92 Å². The quantitative estimate of drug-likeness (QED) is 0.656. The van der Waals surface area contributed by atoms with Crippen molar-refractivity contribution >= 4 is 17.3 Å². The van der Waals surface area contributed by atoms with Crippen molar-refractivity contribution in [2.45, 2.75) is 33.7 Å². The Morgan fingerprint density at radius 2 is 1.95 bits per heavy atom. The lowest BCUT2D eigenvalue weighted by atomic mass is 10.1. The van der Waals surface area contributed by atoms with Gasteiger partial charge in [0.1, 0.15) is 0 Å². The Morgan fingerprint density at radius 1 is 1.32 bits per heavy atom. The van der Waals surface area contributed by atoms with E-state index in [1.54, 1.807) is 6.07 Å². The minimum atomic E-state index is -0.350. The smallest absolute Gasteiger partial charge is 0.340 e. The first kappa shape index (κ1) is 15.3. The standard InChI is InChI=1S/C15H24N2O2/c1-10(2)9-17(11(3)4)14-7-6-12(16)8-13(14)15(18)19-5/h6-8,10-11H,9,16H2,1-5H3. The highest BCUT2D eigenvalue weighted by molar-refractivity contribution is 5.97. The molecule has 0 heterocycles. The second kappa shape index (κ2) is 6.45. The molecule has 0 aromatic heterocycles. The number of carbonyl (C=O) groups is 1. The zero-order chi connectivity index (χ0) is 14.6. The predicted molar refractivity (Wildman–Crippen MR) is 79.5 cm³/mol. The number of rotatable bonds is 5. The Balaban J connectivity index is 3.25. The predicted octanol–water partition coefficient (Wildman–Crippen LogP) is 2.93. The Morgan fingerprint density at radius 3 is 2.42 bits per heavy atom. The Bertz CT molecular complexity index is 442. The van der Waals surface area contributed by atoms with Gasteiger partial charge in [0.2, 0.25) is 0 Å². The summed E-state index contributed by atoms with van der Waals surface area (Å²) < 4.78 is 4.85. The first-order valence-corrected chi connectivity index (χ1v) is 6.61. The highest BCUT2D eigenvalue weighted by atomic mass is 16.5. The van der Waals surface area contributed by atoms with Crippen molar-refractivity contribution in [2.75, 3.05) is 24.3 Å². The lowest BCUT2D eigenvalue weighted by Crippen LogP contribution is -2.35. The largest absolute Gasteiger partial charge is 0.465 e. The van der Waals surface area contributed by atoms with E-state index < -0.39 is 0 Å². The molecular formula is C15H24N2O2. The summed E-state index contributed by atoms with van der Waals surface area (Å²) in [5.74, 6) is 0.155. The number of methoxy groups -OCH3 is 1. The summed E-state index contributed by atoms with van der Waals surface area (Å²) in [7, 11) is 1.39. The van der Waals surface area contributed by atoms with Gasteiger partial charge in [0.05, 0.1) is 18.4 Å². The van der Waals surface area contributed by atoms with E-state index in [4.69, 9.17) is 10.5 Å². The summed E-state index contributed by atoms with van der Waals surface area (Å²) in [5, 5.41) is 0. The summed E-state index contributed by atoms with van der Waals surface area (Å²) >= 11 is 0. The van der Waals surface area contributed by atoms with E-state index in [0.29, 0.717) is 23.2 Å². The second-order valence-corrected chi connectivity index (χ2v) is 5.41. The normalized spacial score (nSPS) is 10.9. The van der Waals surface area contributed by atoms with Crippen LogP contribution in [0.3, 0.4) is 0 Å². The summed E-state index contributed by atoms with van der Waals surface area (Å²) in [6.45, 7) is 9.42. The van der Waals surface area contributed by atoms with Gasteiger partial charge in [-0.1, -0.05) is 13.8 Å². The maximum Gasteiger partial charge on any atom is 0.340 e. The summed E-state index contributed by atoms with van der Waals surface area (Å²) in [5.41, 5.74) is 7.74. The van der Waals surface area contributed by atoms with Crippen LogP contribution < -0.4 is 10.6 Å². The molecule has 1 rings (SSSR count). The van der Waals surface area contributed by atoms with Crippen LogP contribution in [0.25, 0.3) is 0 Å². The lowest BCUT2D eigenvalue weighted by molar-refractivity contribution is 0.0601. The molecule has 0 spiro atoms. The van der Waals surface area contributed by atoms with E-state index in [-0.39, 0.29) is 5.97 Å². The third-order valence-electron chi connectivity index (χ3n) is 2.92. The number of anilines is 2. The SMILES string of the molecule is COC(=O)c1cc(N)ccc1N(CC(C)C)C(C)C. The van der Waals surface area contributed by atoms with Crippen molar-refractivity contribution in [3.05, 3.63) is 23.8 Å². The molecule has 1 aromatic carbocycles. The van der Waals surface area contributed by atoms with Gasteiger partial charge in [-0.05, 0) is 38.0 Å². The van der Waals surface area contributed by atoms with Crippen LogP contribution in [0.1, 0.15) is 38.1 Å². The molecule has 0 bridgehead atoms. The monoisotopic (exact) mass is 264 g/mol. The molecule has 0 saturated heterocycles. The first-order chi connectivity index (χ1) is 8.86. The van der Waals surface area contributed by atoms with Crippen molar-refractivity contribution < 1.29 is 9.53 Å². The summed E-state index contributed by atoms with van der Waals surface area (Å²) in [4.78, 5) is 14.1. The van der Waals surface area contributed by atoms with Gasteiger partial charge in [-0.25, -0.2) is 4.79 Å². The minimum absolute atomic E-state index is 0.300. The molecule has 0 unspecified atom stereocenters. The number of carbonyl (C=O) groups excluding carboxylic acids is 1. The average Bonchev–Trinajstić information content (AvgIpc) is 2.34. The molecule has 4 heteroatoms. The average molecular weight is 264 g/mol. The van der Waals surface area contributed by atoms with Gasteiger partial charge in [0.25, 0.3) is 0 Å². The molecule has 0 fully saturated rings. The fraction of sp³-hybridized carbons (Fsp3) is 0.533. The van der Waals surface area contributed by atoms with Gasteiger partial charge in [-0.15, -0.1) is 0 Å². The highest BCUT2D eigenvalue weighted by Gasteiger charge is 2.20. The van der Waals surface area contributed by atoms with E-state index in [9.17, 15) is 4.79 Å². The first-order valence-electron chi connectivity index (χ1n) is 6.61. The number of esters is 1. The maximum absolute atomic E-state index is 11.9. The molecule has 0 atom stereocenters. The molecule has 2 N–H and O–H groups in total. The Kier molecular flexibility index (Phi) is 5.21. The Hall–Kier alpha value is -1.71. The molecule has 0 aliphatic carbocycles. The van der Waals surface area contributed by atoms with Crippen molar-refractivity contribution in [3.63, 3.8) is 0 Å². The van der Waals surface area contributed by atoms with Crippen molar-refractivity contribution in [1.29, 1.82) is 0 Å². The van der Waals surface area contributed by atoms with E-state index in [0.717, 1.165) is 12.2 Å². The van der Waals surface area contributed by atoms with E-state index in [1.165, 1.54) is 7.11 Å². The number of hydrogen-bond acceptors (Lipinski definition) is 4. The highest BCUT2D eigenvalue weighted by Crippen LogP contribution is 2.26. The fourth-order valence-electron chi connectivity index (χ4n) is 2.06. The zero-order valence-corrected chi connectivity index (χ0v) is 12.4. The fourth-order valence-corrected chi connectivity index (χ4v) is 2.06. The summed E-state index contributed by atoms with van der Waals surface area (Å²) in [6.07, 6.45) is 0. The van der Waals surface area contributed by atoms with Crippen LogP contribution in [0.5, 0.6) is 0 Å². The van der Waals surface area contributed by atoms with Gasteiger partial charge >= 0.3 is 5.97 Å². The van der Waals surface area contributed by atoms with Gasteiger partial charge in [0, 0.05) is 18.3 Å². The van der Waals surface area contributed by atoms with Gasteiger partial charge in [0.15, 0.2) is 0 Å². The molecule has 19 heavy (non-hydrogen) atoms. The van der Waals surface area contributed by atoms with Crippen LogP contribution in [0.2, 0.25) is 0 Å². The zero-order valence-electron chi connectivity index (χ0n) is 12.4. The molecule has 4 nitrogen and oxygen atoms in total. The van der Waals surface area contributed by atoms with Crippen molar-refractivity contribution in [1.82, 2.24) is 0 Å². The van der Waals surface area contributed by atoms with Gasteiger partial charge in [-0.2, -0.15) is 0 Å². The van der Waals surface area contributed by atoms with E-state index in [2.05, 4.69) is 32.6 Å². The second-order valence-electron chi connectivity index (χ2n) is 5.41.